The van der Waals surface area contributed by atoms with E-state index in [9.17, 15) is 13.2 Å². The van der Waals surface area contributed by atoms with Crippen LogP contribution in [0.3, 0.4) is 0 Å². The first-order chi connectivity index (χ1) is 9.80. The van der Waals surface area contributed by atoms with Gasteiger partial charge in [0.25, 0.3) is 0 Å². The molecular formula is C15H21NO4S. The summed E-state index contributed by atoms with van der Waals surface area (Å²) < 4.78 is 26.8. The third-order valence-corrected chi connectivity index (χ3v) is 5.88. The largest absolute Gasteiger partial charge is 0.481 e. The van der Waals surface area contributed by atoms with Crippen LogP contribution >= 0.6 is 0 Å². The molecule has 1 fully saturated rings. The molecule has 2 unspecified atom stereocenters. The SMILES string of the molecule is CC1CC(C)N(S(=O)(=O)c2ccc(CCC(=O)O)cc2)C1. The minimum Gasteiger partial charge on any atom is -0.481 e. The van der Waals surface area contributed by atoms with Gasteiger partial charge in [0.2, 0.25) is 10.0 Å². The van der Waals surface area contributed by atoms with Gasteiger partial charge in [-0.05, 0) is 43.4 Å². The Morgan fingerprint density at radius 3 is 2.38 bits per heavy atom. The lowest BCUT2D eigenvalue weighted by atomic mass is 10.1. The van der Waals surface area contributed by atoms with Gasteiger partial charge < -0.3 is 5.11 Å². The maximum atomic E-state index is 12.6. The number of aliphatic carboxylic acids is 1. The Bertz CT molecular complexity index is 609. The van der Waals surface area contributed by atoms with Crippen LogP contribution in [0.2, 0.25) is 0 Å². The van der Waals surface area contributed by atoms with Gasteiger partial charge >= 0.3 is 5.97 Å². The molecule has 6 heteroatoms. The topological polar surface area (TPSA) is 74.7 Å². The second-order valence-electron chi connectivity index (χ2n) is 5.80. The van der Waals surface area contributed by atoms with Gasteiger partial charge in [0.1, 0.15) is 0 Å². The van der Waals surface area contributed by atoms with Crippen LogP contribution < -0.4 is 0 Å². The monoisotopic (exact) mass is 311 g/mol. The van der Waals surface area contributed by atoms with Crippen LogP contribution in [-0.4, -0.2) is 36.4 Å². The molecule has 5 nitrogen and oxygen atoms in total. The molecule has 0 saturated carbocycles. The summed E-state index contributed by atoms with van der Waals surface area (Å²) >= 11 is 0. The predicted molar refractivity (Wildman–Crippen MR) is 79.5 cm³/mol. The highest BCUT2D eigenvalue weighted by atomic mass is 32.2. The van der Waals surface area contributed by atoms with Gasteiger partial charge in [-0.2, -0.15) is 4.31 Å². The highest BCUT2D eigenvalue weighted by Crippen LogP contribution is 2.29. The number of hydrogen-bond donors (Lipinski definition) is 1. The standard InChI is InChI=1S/C15H21NO4S/c1-11-9-12(2)16(10-11)21(19,20)14-6-3-13(4-7-14)5-8-15(17)18/h3-4,6-7,11-12H,5,8-10H2,1-2H3,(H,17,18). The Morgan fingerprint density at radius 1 is 1.29 bits per heavy atom. The van der Waals surface area contributed by atoms with Crippen molar-refractivity contribution in [3.63, 3.8) is 0 Å². The zero-order valence-electron chi connectivity index (χ0n) is 12.3. The van der Waals surface area contributed by atoms with Gasteiger partial charge in [-0.15, -0.1) is 0 Å². The first-order valence-corrected chi connectivity index (χ1v) is 8.57. The highest BCUT2D eigenvalue weighted by molar-refractivity contribution is 7.89. The molecule has 2 atom stereocenters. The van der Waals surface area contributed by atoms with Gasteiger partial charge in [0, 0.05) is 19.0 Å². The minimum absolute atomic E-state index is 0.0247. The molecule has 1 N–H and O–H groups in total. The minimum atomic E-state index is -3.45. The Balaban J connectivity index is 2.15. The third-order valence-electron chi connectivity index (χ3n) is 3.88. The molecule has 0 radical (unpaired) electrons. The summed E-state index contributed by atoms with van der Waals surface area (Å²) in [7, 11) is -3.45. The number of carboxylic acid groups (broad SMARTS) is 1. The number of nitrogens with zero attached hydrogens (tertiary/aromatic N) is 1. The molecule has 1 heterocycles. The molecule has 116 valence electrons. The first-order valence-electron chi connectivity index (χ1n) is 7.13. The molecule has 1 aliphatic rings. The quantitative estimate of drug-likeness (QED) is 0.904. The molecule has 1 aliphatic heterocycles. The lowest BCUT2D eigenvalue weighted by molar-refractivity contribution is -0.136. The smallest absolute Gasteiger partial charge is 0.303 e. The number of sulfonamides is 1. The molecule has 0 bridgehead atoms. The van der Waals surface area contributed by atoms with Gasteiger partial charge in [0.05, 0.1) is 4.90 Å². The van der Waals surface area contributed by atoms with Gasteiger partial charge in [-0.1, -0.05) is 19.1 Å². The molecule has 0 aromatic heterocycles. The van der Waals surface area contributed by atoms with Crippen LogP contribution in [0.4, 0.5) is 0 Å². The van der Waals surface area contributed by atoms with Crippen LogP contribution in [0.25, 0.3) is 0 Å². The zero-order valence-corrected chi connectivity index (χ0v) is 13.1. The maximum Gasteiger partial charge on any atom is 0.303 e. The number of hydrogen-bond acceptors (Lipinski definition) is 3. The van der Waals surface area contributed by atoms with Crippen LogP contribution in [0, 0.1) is 5.92 Å². The molecule has 0 aliphatic carbocycles. The number of benzene rings is 1. The van der Waals surface area contributed by atoms with Crippen molar-refractivity contribution < 1.29 is 18.3 Å². The van der Waals surface area contributed by atoms with E-state index in [-0.39, 0.29) is 17.4 Å². The second-order valence-corrected chi connectivity index (χ2v) is 7.69. The average molecular weight is 311 g/mol. The number of rotatable bonds is 5. The Morgan fingerprint density at radius 2 is 1.90 bits per heavy atom. The van der Waals surface area contributed by atoms with E-state index in [0.29, 0.717) is 18.9 Å². The summed E-state index contributed by atoms with van der Waals surface area (Å²) in [4.78, 5) is 10.8. The van der Waals surface area contributed by atoms with E-state index >= 15 is 0 Å². The fraction of sp³-hybridized carbons (Fsp3) is 0.533. The summed E-state index contributed by atoms with van der Waals surface area (Å²) in [6.45, 7) is 4.55. The van der Waals surface area contributed by atoms with Gasteiger partial charge in [-0.3, -0.25) is 4.79 Å². The molecular weight excluding hydrogens is 290 g/mol. The zero-order chi connectivity index (χ0) is 15.6. The van der Waals surface area contributed by atoms with E-state index in [1.165, 1.54) is 0 Å². The van der Waals surface area contributed by atoms with Crippen molar-refractivity contribution in [1.82, 2.24) is 4.31 Å². The van der Waals surface area contributed by atoms with Crippen molar-refractivity contribution in [2.75, 3.05) is 6.54 Å². The molecule has 21 heavy (non-hydrogen) atoms. The molecule has 1 aromatic carbocycles. The number of carbonyl (C=O) groups is 1. The lowest BCUT2D eigenvalue weighted by Crippen LogP contribution is -2.33. The summed E-state index contributed by atoms with van der Waals surface area (Å²) in [5, 5.41) is 8.65. The van der Waals surface area contributed by atoms with Crippen molar-refractivity contribution in [2.24, 2.45) is 5.92 Å². The summed E-state index contributed by atoms with van der Waals surface area (Å²) in [6, 6.07) is 6.56. The van der Waals surface area contributed by atoms with E-state index in [2.05, 4.69) is 6.92 Å². The van der Waals surface area contributed by atoms with Crippen LogP contribution in [-0.2, 0) is 21.2 Å². The van der Waals surface area contributed by atoms with E-state index in [0.717, 1.165) is 12.0 Å². The lowest BCUT2D eigenvalue weighted by Gasteiger charge is -2.21. The predicted octanol–water partition coefficient (Wildman–Crippen LogP) is 2.12. The van der Waals surface area contributed by atoms with Crippen molar-refractivity contribution in [1.29, 1.82) is 0 Å². The summed E-state index contributed by atoms with van der Waals surface area (Å²) in [5.41, 5.74) is 0.833. The van der Waals surface area contributed by atoms with E-state index in [1.54, 1.807) is 28.6 Å². The van der Waals surface area contributed by atoms with Crippen molar-refractivity contribution in [3.8, 4) is 0 Å². The molecule has 2 rings (SSSR count). The van der Waals surface area contributed by atoms with Crippen molar-refractivity contribution >= 4 is 16.0 Å². The molecule has 1 saturated heterocycles. The summed E-state index contributed by atoms with van der Waals surface area (Å²) in [6.07, 6.45) is 1.34. The van der Waals surface area contributed by atoms with Gasteiger partial charge in [-0.25, -0.2) is 8.42 Å². The van der Waals surface area contributed by atoms with Crippen molar-refractivity contribution in [3.05, 3.63) is 29.8 Å². The normalized spacial score (nSPS) is 23.3. The third kappa shape index (κ3) is 3.63. The second kappa shape index (κ2) is 6.15. The van der Waals surface area contributed by atoms with Crippen molar-refractivity contribution in [2.45, 2.75) is 44.0 Å². The fourth-order valence-corrected chi connectivity index (χ4v) is 4.57. The van der Waals surface area contributed by atoms with Crippen LogP contribution in [0.15, 0.2) is 29.2 Å². The van der Waals surface area contributed by atoms with Gasteiger partial charge in [0.15, 0.2) is 0 Å². The van der Waals surface area contributed by atoms with Crippen LogP contribution in [0.5, 0.6) is 0 Å². The highest BCUT2D eigenvalue weighted by Gasteiger charge is 2.35. The Hall–Kier alpha value is -1.40. The Kier molecular flexibility index (Phi) is 4.68. The number of aryl methyl sites for hydroxylation is 1. The molecule has 1 aromatic rings. The fourth-order valence-electron chi connectivity index (χ4n) is 2.81. The Labute approximate surface area is 125 Å². The number of carboxylic acids is 1. The average Bonchev–Trinajstić information content (AvgIpc) is 2.76. The summed E-state index contributed by atoms with van der Waals surface area (Å²) in [5.74, 6) is -0.476. The molecule has 0 amide bonds. The van der Waals surface area contributed by atoms with E-state index in [1.807, 2.05) is 6.92 Å². The molecule has 0 spiro atoms. The van der Waals surface area contributed by atoms with E-state index in [4.69, 9.17) is 5.11 Å². The van der Waals surface area contributed by atoms with E-state index < -0.39 is 16.0 Å². The van der Waals surface area contributed by atoms with Crippen LogP contribution in [0.1, 0.15) is 32.3 Å². The maximum absolute atomic E-state index is 12.6. The first kappa shape index (κ1) is 16.0.